The number of hydrogen-bond acceptors (Lipinski definition) is 4. The highest BCUT2D eigenvalue weighted by Gasteiger charge is 2.18. The molecule has 0 spiro atoms. The van der Waals surface area contributed by atoms with Crippen LogP contribution < -0.4 is 4.90 Å². The van der Waals surface area contributed by atoms with Crippen LogP contribution in [0.15, 0.2) is 34.7 Å². The lowest BCUT2D eigenvalue weighted by Crippen LogP contribution is -2.26. The Bertz CT molecular complexity index is 493. The van der Waals surface area contributed by atoms with E-state index in [2.05, 4.69) is 10.2 Å². The van der Waals surface area contributed by atoms with Gasteiger partial charge in [0.05, 0.1) is 0 Å². The molecule has 0 radical (unpaired) electrons. The molecule has 2 rings (SSSR count). The summed E-state index contributed by atoms with van der Waals surface area (Å²) in [4.78, 5) is 13.4. The molecule has 0 saturated carbocycles. The summed E-state index contributed by atoms with van der Waals surface area (Å²) in [5.41, 5.74) is 0.781. The molecule has 0 aliphatic heterocycles. The number of nitrogens with zero attached hydrogens (tertiary/aromatic N) is 3. The first-order valence-corrected chi connectivity index (χ1v) is 4.81. The second-order valence-corrected chi connectivity index (χ2v) is 3.33. The zero-order valence-corrected chi connectivity index (χ0v) is 9.04. The van der Waals surface area contributed by atoms with Crippen molar-refractivity contribution >= 4 is 11.6 Å². The minimum absolute atomic E-state index is 0.00357. The minimum atomic E-state index is -0.313. The number of carbonyl (C=O) groups excluding carboxylic acids is 1. The van der Waals surface area contributed by atoms with Crippen molar-refractivity contribution in [3.8, 4) is 0 Å². The monoisotopic (exact) mass is 217 g/mol. The van der Waals surface area contributed by atoms with Crippen molar-refractivity contribution in [3.63, 3.8) is 0 Å². The number of carbonyl (C=O) groups is 1. The standard InChI is InChI=1S/C11H11N3O2/c1-8-12-13-10(16-8)11(15)14(2)9-6-4-3-5-7-9/h3-7H,1-2H3. The summed E-state index contributed by atoms with van der Waals surface area (Å²) in [6, 6.07) is 9.28. The van der Waals surface area contributed by atoms with E-state index in [1.807, 2.05) is 30.3 Å². The van der Waals surface area contributed by atoms with Crippen LogP contribution in [0.4, 0.5) is 5.69 Å². The largest absolute Gasteiger partial charge is 0.417 e. The van der Waals surface area contributed by atoms with Gasteiger partial charge in [0.15, 0.2) is 0 Å². The second kappa shape index (κ2) is 4.14. The van der Waals surface area contributed by atoms with E-state index in [4.69, 9.17) is 4.42 Å². The Morgan fingerprint density at radius 1 is 1.25 bits per heavy atom. The normalized spacial score (nSPS) is 10.1. The van der Waals surface area contributed by atoms with Gasteiger partial charge in [0.25, 0.3) is 0 Å². The van der Waals surface area contributed by atoms with Crippen LogP contribution in [0.25, 0.3) is 0 Å². The molecular weight excluding hydrogens is 206 g/mol. The van der Waals surface area contributed by atoms with E-state index in [-0.39, 0.29) is 11.8 Å². The summed E-state index contributed by atoms with van der Waals surface area (Å²) in [6.07, 6.45) is 0. The summed E-state index contributed by atoms with van der Waals surface area (Å²) >= 11 is 0. The maximum absolute atomic E-state index is 11.9. The first kappa shape index (κ1) is 10.4. The smallest absolute Gasteiger partial charge is 0.315 e. The van der Waals surface area contributed by atoms with Gasteiger partial charge >= 0.3 is 11.8 Å². The van der Waals surface area contributed by atoms with Crippen LogP contribution in [-0.2, 0) is 0 Å². The summed E-state index contributed by atoms with van der Waals surface area (Å²) in [5.74, 6) is 0.0699. The molecule has 5 heteroatoms. The van der Waals surface area contributed by atoms with E-state index in [1.54, 1.807) is 14.0 Å². The Hall–Kier alpha value is -2.17. The van der Waals surface area contributed by atoms with E-state index in [0.29, 0.717) is 5.89 Å². The molecule has 1 amide bonds. The van der Waals surface area contributed by atoms with Gasteiger partial charge in [-0.3, -0.25) is 4.79 Å². The summed E-state index contributed by atoms with van der Waals surface area (Å²) < 4.78 is 5.07. The zero-order chi connectivity index (χ0) is 11.5. The highest BCUT2D eigenvalue weighted by Crippen LogP contribution is 2.13. The molecule has 5 nitrogen and oxygen atoms in total. The van der Waals surface area contributed by atoms with Crippen LogP contribution in [0.2, 0.25) is 0 Å². The van der Waals surface area contributed by atoms with Gasteiger partial charge in [-0.2, -0.15) is 0 Å². The first-order valence-electron chi connectivity index (χ1n) is 4.81. The van der Waals surface area contributed by atoms with Gasteiger partial charge in [-0.05, 0) is 12.1 Å². The van der Waals surface area contributed by atoms with E-state index in [1.165, 1.54) is 4.90 Å². The van der Waals surface area contributed by atoms with Crippen LogP contribution >= 0.6 is 0 Å². The Morgan fingerprint density at radius 2 is 1.94 bits per heavy atom. The van der Waals surface area contributed by atoms with Gasteiger partial charge in [-0.15, -0.1) is 10.2 Å². The first-order chi connectivity index (χ1) is 7.68. The van der Waals surface area contributed by atoms with Crippen molar-refractivity contribution in [3.05, 3.63) is 42.1 Å². The Labute approximate surface area is 92.7 Å². The Kier molecular flexibility index (Phi) is 2.68. The fraction of sp³-hybridized carbons (Fsp3) is 0.182. The van der Waals surface area contributed by atoms with Gasteiger partial charge < -0.3 is 9.32 Å². The van der Waals surface area contributed by atoms with Crippen molar-refractivity contribution in [1.29, 1.82) is 0 Å². The number of rotatable bonds is 2. The molecule has 0 atom stereocenters. The SMILES string of the molecule is Cc1nnc(C(=O)N(C)c2ccccc2)o1. The Balaban J connectivity index is 2.23. The van der Waals surface area contributed by atoms with Gasteiger partial charge in [0.1, 0.15) is 0 Å². The molecule has 0 aliphatic carbocycles. The number of hydrogen-bond donors (Lipinski definition) is 0. The predicted octanol–water partition coefficient (Wildman–Crippen LogP) is 1.65. The quantitative estimate of drug-likeness (QED) is 0.767. The topological polar surface area (TPSA) is 59.2 Å². The van der Waals surface area contributed by atoms with Crippen molar-refractivity contribution < 1.29 is 9.21 Å². The van der Waals surface area contributed by atoms with E-state index < -0.39 is 0 Å². The summed E-state index contributed by atoms with van der Waals surface area (Å²) in [5, 5.41) is 7.30. The van der Waals surface area contributed by atoms with Gasteiger partial charge in [0.2, 0.25) is 5.89 Å². The molecule has 0 unspecified atom stereocenters. The van der Waals surface area contributed by atoms with Crippen LogP contribution in [-0.4, -0.2) is 23.2 Å². The molecule has 16 heavy (non-hydrogen) atoms. The van der Waals surface area contributed by atoms with Crippen LogP contribution in [0.3, 0.4) is 0 Å². The fourth-order valence-corrected chi connectivity index (χ4v) is 1.30. The molecule has 0 saturated heterocycles. The fourth-order valence-electron chi connectivity index (χ4n) is 1.30. The lowest BCUT2D eigenvalue weighted by atomic mass is 10.3. The molecule has 2 aromatic rings. The Morgan fingerprint density at radius 3 is 2.50 bits per heavy atom. The maximum Gasteiger partial charge on any atom is 0.315 e. The third-order valence-electron chi connectivity index (χ3n) is 2.16. The summed E-state index contributed by atoms with van der Waals surface area (Å²) in [6.45, 7) is 1.65. The van der Waals surface area contributed by atoms with Crippen LogP contribution in [0.1, 0.15) is 16.6 Å². The number of benzene rings is 1. The van der Waals surface area contributed by atoms with Crippen molar-refractivity contribution in [2.24, 2.45) is 0 Å². The van der Waals surface area contributed by atoms with Crippen molar-refractivity contribution in [1.82, 2.24) is 10.2 Å². The third-order valence-corrected chi connectivity index (χ3v) is 2.16. The van der Waals surface area contributed by atoms with Crippen LogP contribution in [0.5, 0.6) is 0 Å². The highest BCUT2D eigenvalue weighted by molar-refractivity contribution is 6.02. The van der Waals surface area contributed by atoms with Gasteiger partial charge in [-0.1, -0.05) is 18.2 Å². The van der Waals surface area contributed by atoms with Crippen LogP contribution in [0, 0.1) is 6.92 Å². The van der Waals surface area contributed by atoms with E-state index >= 15 is 0 Å². The van der Waals surface area contributed by atoms with Gasteiger partial charge in [-0.25, -0.2) is 0 Å². The number of aromatic nitrogens is 2. The van der Waals surface area contributed by atoms with Crippen molar-refractivity contribution in [2.45, 2.75) is 6.92 Å². The zero-order valence-electron chi connectivity index (χ0n) is 9.04. The number of para-hydroxylation sites is 1. The minimum Gasteiger partial charge on any atom is -0.417 e. The van der Waals surface area contributed by atoms with Gasteiger partial charge in [0, 0.05) is 19.7 Å². The average molecular weight is 217 g/mol. The molecule has 0 N–H and O–H groups in total. The number of amides is 1. The molecule has 1 heterocycles. The molecule has 0 aliphatic rings. The summed E-state index contributed by atoms with van der Waals surface area (Å²) in [7, 11) is 1.66. The molecule has 82 valence electrons. The number of aryl methyl sites for hydroxylation is 1. The lowest BCUT2D eigenvalue weighted by Gasteiger charge is -2.14. The van der Waals surface area contributed by atoms with E-state index in [9.17, 15) is 4.79 Å². The second-order valence-electron chi connectivity index (χ2n) is 3.33. The van der Waals surface area contributed by atoms with E-state index in [0.717, 1.165) is 5.69 Å². The number of anilines is 1. The molecular formula is C11H11N3O2. The highest BCUT2D eigenvalue weighted by atomic mass is 16.4. The molecule has 0 bridgehead atoms. The van der Waals surface area contributed by atoms with Crippen molar-refractivity contribution in [2.75, 3.05) is 11.9 Å². The molecule has 1 aromatic carbocycles. The predicted molar refractivity (Wildman–Crippen MR) is 58.2 cm³/mol. The molecule has 0 fully saturated rings. The average Bonchev–Trinajstić information content (AvgIpc) is 2.75. The molecule has 1 aromatic heterocycles. The maximum atomic E-state index is 11.9. The lowest BCUT2D eigenvalue weighted by molar-refractivity contribution is 0.0958. The third kappa shape index (κ3) is 1.93.